The van der Waals surface area contributed by atoms with Gasteiger partial charge in [0, 0.05) is 18.5 Å². The Morgan fingerprint density at radius 1 is 1.53 bits per heavy atom. The molecule has 3 rings (SSSR count). The third-order valence-electron chi connectivity index (χ3n) is 3.99. The van der Waals surface area contributed by atoms with Crippen molar-refractivity contribution in [1.82, 2.24) is 5.32 Å². The Kier molecular flexibility index (Phi) is 3.40. The Bertz CT molecular complexity index is 503. The number of fused-ring (bicyclic) bond motifs is 1. The van der Waals surface area contributed by atoms with Gasteiger partial charge in [-0.3, -0.25) is 4.79 Å². The number of amides is 1. The van der Waals surface area contributed by atoms with Crippen LogP contribution in [0.25, 0.3) is 0 Å². The Morgan fingerprint density at radius 2 is 2.37 bits per heavy atom. The van der Waals surface area contributed by atoms with E-state index in [2.05, 4.69) is 30.4 Å². The zero-order valence-electron chi connectivity index (χ0n) is 11.0. The molecule has 1 unspecified atom stereocenters. The summed E-state index contributed by atoms with van der Waals surface area (Å²) >= 11 is 5.47. The van der Waals surface area contributed by atoms with Crippen molar-refractivity contribution in [1.29, 1.82) is 0 Å². The summed E-state index contributed by atoms with van der Waals surface area (Å²) in [5.74, 6) is 2.13. The van der Waals surface area contributed by atoms with Crippen LogP contribution in [0.5, 0.6) is 5.75 Å². The molecule has 1 amide bonds. The lowest BCUT2D eigenvalue weighted by Crippen LogP contribution is -2.26. The van der Waals surface area contributed by atoms with Crippen LogP contribution in [0.1, 0.15) is 30.4 Å². The molecular weight excluding hydrogens is 262 g/mol. The minimum atomic E-state index is -0.0810. The Hall–Kier alpha value is -1.22. The van der Waals surface area contributed by atoms with Crippen molar-refractivity contribution in [3.05, 3.63) is 29.3 Å². The van der Waals surface area contributed by atoms with Crippen LogP contribution in [0, 0.1) is 5.92 Å². The van der Waals surface area contributed by atoms with Gasteiger partial charge in [-0.2, -0.15) is 0 Å². The maximum atomic E-state index is 11.2. The van der Waals surface area contributed by atoms with Gasteiger partial charge in [0.1, 0.15) is 17.7 Å². The molecule has 1 aliphatic carbocycles. The lowest BCUT2D eigenvalue weighted by molar-refractivity contribution is -0.118. The molecule has 0 bridgehead atoms. The molecule has 0 saturated heterocycles. The first-order valence-electron chi connectivity index (χ1n) is 6.80. The van der Waals surface area contributed by atoms with Crippen molar-refractivity contribution >= 4 is 17.5 Å². The molecule has 4 heteroatoms. The highest BCUT2D eigenvalue weighted by molar-refractivity contribution is 6.27. The highest BCUT2D eigenvalue weighted by atomic mass is 35.5. The minimum absolute atomic E-state index is 0.0451. The van der Waals surface area contributed by atoms with E-state index in [0.29, 0.717) is 11.8 Å². The molecule has 2 aliphatic rings. The fourth-order valence-corrected chi connectivity index (χ4v) is 3.05. The van der Waals surface area contributed by atoms with Crippen LogP contribution in [0.3, 0.4) is 0 Å². The summed E-state index contributed by atoms with van der Waals surface area (Å²) in [6.07, 6.45) is 2.43. The predicted octanol–water partition coefficient (Wildman–Crippen LogP) is 2.47. The molecule has 3 atom stereocenters. The molecule has 3 nitrogen and oxygen atoms in total. The molecule has 0 spiro atoms. The second kappa shape index (κ2) is 5.04. The Labute approximate surface area is 118 Å². The van der Waals surface area contributed by atoms with Crippen LogP contribution < -0.4 is 10.1 Å². The van der Waals surface area contributed by atoms with Crippen molar-refractivity contribution in [2.24, 2.45) is 5.92 Å². The van der Waals surface area contributed by atoms with E-state index in [1.807, 2.05) is 0 Å². The average molecular weight is 280 g/mol. The normalized spacial score (nSPS) is 27.6. The van der Waals surface area contributed by atoms with Gasteiger partial charge in [-0.1, -0.05) is 12.1 Å². The van der Waals surface area contributed by atoms with Crippen molar-refractivity contribution in [2.75, 3.05) is 12.4 Å². The largest absolute Gasteiger partial charge is 0.490 e. The van der Waals surface area contributed by atoms with Gasteiger partial charge < -0.3 is 10.1 Å². The predicted molar refractivity (Wildman–Crippen MR) is 74.8 cm³/mol. The van der Waals surface area contributed by atoms with Gasteiger partial charge in [0.05, 0.1) is 0 Å². The van der Waals surface area contributed by atoms with E-state index in [1.165, 1.54) is 11.1 Å². The standard InChI is InChI=1S/C15H18ClNO2/c1-9-5-13-11(3-2-4-14(13)19-9)12-6-10(12)8-17-15(18)7-16/h2-4,9-10,12H,5-8H2,1H3,(H,17,18)/t9?,10-,12+/m0/s1. The first-order valence-corrected chi connectivity index (χ1v) is 7.33. The monoisotopic (exact) mass is 279 g/mol. The summed E-state index contributed by atoms with van der Waals surface area (Å²) in [5.41, 5.74) is 2.78. The van der Waals surface area contributed by atoms with Gasteiger partial charge >= 0.3 is 0 Å². The number of carbonyl (C=O) groups excluding carboxylic acids is 1. The molecule has 1 N–H and O–H groups in total. The van der Waals surface area contributed by atoms with Gasteiger partial charge in [-0.15, -0.1) is 11.6 Å². The van der Waals surface area contributed by atoms with Crippen LogP contribution in [0.2, 0.25) is 0 Å². The molecule has 19 heavy (non-hydrogen) atoms. The summed E-state index contributed by atoms with van der Waals surface area (Å²) in [6, 6.07) is 6.32. The fraction of sp³-hybridized carbons (Fsp3) is 0.533. The number of halogens is 1. The summed E-state index contributed by atoms with van der Waals surface area (Å²) < 4.78 is 5.79. The molecule has 1 fully saturated rings. The number of hydrogen-bond donors (Lipinski definition) is 1. The summed E-state index contributed by atoms with van der Waals surface area (Å²) in [5, 5.41) is 2.87. The van der Waals surface area contributed by atoms with Crippen LogP contribution in [-0.2, 0) is 11.2 Å². The lowest BCUT2D eigenvalue weighted by atomic mass is 9.98. The quantitative estimate of drug-likeness (QED) is 0.860. The van der Waals surface area contributed by atoms with Gasteiger partial charge in [0.25, 0.3) is 0 Å². The number of rotatable bonds is 4. The van der Waals surface area contributed by atoms with Crippen molar-refractivity contribution < 1.29 is 9.53 Å². The maximum absolute atomic E-state index is 11.2. The third kappa shape index (κ3) is 2.57. The molecule has 1 heterocycles. The number of carbonyl (C=O) groups is 1. The summed E-state index contributed by atoms with van der Waals surface area (Å²) in [4.78, 5) is 11.2. The average Bonchev–Trinajstić information content (AvgIpc) is 3.07. The zero-order chi connectivity index (χ0) is 13.4. The lowest BCUT2D eigenvalue weighted by Gasteiger charge is -2.07. The van der Waals surface area contributed by atoms with Crippen molar-refractivity contribution in [2.45, 2.75) is 31.8 Å². The minimum Gasteiger partial charge on any atom is -0.490 e. The van der Waals surface area contributed by atoms with E-state index in [1.54, 1.807) is 0 Å². The van der Waals surface area contributed by atoms with E-state index < -0.39 is 0 Å². The molecule has 0 radical (unpaired) electrons. The van der Waals surface area contributed by atoms with E-state index in [-0.39, 0.29) is 17.9 Å². The van der Waals surface area contributed by atoms with Crippen molar-refractivity contribution in [3.63, 3.8) is 0 Å². The van der Waals surface area contributed by atoms with Crippen molar-refractivity contribution in [3.8, 4) is 5.75 Å². The topological polar surface area (TPSA) is 38.3 Å². The van der Waals surface area contributed by atoms with E-state index >= 15 is 0 Å². The number of hydrogen-bond acceptors (Lipinski definition) is 2. The van der Waals surface area contributed by atoms with E-state index in [4.69, 9.17) is 16.3 Å². The van der Waals surface area contributed by atoms with Crippen LogP contribution >= 0.6 is 11.6 Å². The van der Waals surface area contributed by atoms with E-state index in [0.717, 1.165) is 25.1 Å². The number of alkyl halides is 1. The molecule has 0 aromatic heterocycles. The van der Waals surface area contributed by atoms with E-state index in [9.17, 15) is 4.79 Å². The Morgan fingerprint density at radius 3 is 3.16 bits per heavy atom. The van der Waals surface area contributed by atoms with Gasteiger partial charge in [-0.05, 0) is 36.8 Å². The molecule has 1 saturated carbocycles. The first kappa shape index (κ1) is 12.8. The molecule has 1 aliphatic heterocycles. The van der Waals surface area contributed by atoms with Gasteiger partial charge in [0.2, 0.25) is 5.91 Å². The molecule has 1 aromatic rings. The molecular formula is C15H18ClNO2. The highest BCUT2D eigenvalue weighted by Gasteiger charge is 2.40. The van der Waals surface area contributed by atoms with Crippen LogP contribution in [0.15, 0.2) is 18.2 Å². The smallest absolute Gasteiger partial charge is 0.234 e. The number of ether oxygens (including phenoxy) is 1. The Balaban J connectivity index is 1.66. The maximum Gasteiger partial charge on any atom is 0.234 e. The van der Waals surface area contributed by atoms with Crippen LogP contribution in [-0.4, -0.2) is 24.4 Å². The summed E-state index contributed by atoms with van der Waals surface area (Å²) in [6.45, 7) is 2.84. The SMILES string of the molecule is CC1Cc2c(cccc2[C@@H]2C[C@H]2CNC(=O)CCl)O1. The number of benzene rings is 1. The first-order chi connectivity index (χ1) is 9.19. The number of nitrogens with one attached hydrogen (secondary N) is 1. The second-order valence-electron chi connectivity index (χ2n) is 5.50. The van der Waals surface area contributed by atoms with Gasteiger partial charge in [0.15, 0.2) is 0 Å². The fourth-order valence-electron chi connectivity index (χ4n) is 2.95. The van der Waals surface area contributed by atoms with Crippen LogP contribution in [0.4, 0.5) is 0 Å². The second-order valence-corrected chi connectivity index (χ2v) is 5.76. The zero-order valence-corrected chi connectivity index (χ0v) is 11.7. The highest BCUT2D eigenvalue weighted by Crippen LogP contribution is 2.50. The summed E-state index contributed by atoms with van der Waals surface area (Å²) in [7, 11) is 0. The van der Waals surface area contributed by atoms with Gasteiger partial charge in [-0.25, -0.2) is 0 Å². The molecule has 1 aromatic carbocycles. The molecule has 102 valence electrons. The third-order valence-corrected chi connectivity index (χ3v) is 4.24.